The van der Waals surface area contributed by atoms with Crippen molar-refractivity contribution in [2.24, 2.45) is 0 Å². The van der Waals surface area contributed by atoms with Gasteiger partial charge in [-0.2, -0.15) is 5.10 Å². The molecule has 1 aliphatic rings. The van der Waals surface area contributed by atoms with Gasteiger partial charge in [-0.05, 0) is 25.0 Å². The van der Waals surface area contributed by atoms with Crippen LogP contribution >= 0.6 is 0 Å². The molecule has 0 saturated carbocycles. The molecule has 5 heteroatoms. The molecule has 1 unspecified atom stereocenters. The fraction of sp³-hybridized carbons (Fsp3) is 0.304. The van der Waals surface area contributed by atoms with Gasteiger partial charge in [-0.3, -0.25) is 14.4 Å². The minimum absolute atomic E-state index is 0.0394. The molecule has 0 saturated heterocycles. The smallest absolute Gasteiger partial charge is 0.242 e. The van der Waals surface area contributed by atoms with Crippen LogP contribution in [0.5, 0.6) is 5.75 Å². The number of aromatic hydroxyl groups is 1. The highest BCUT2D eigenvalue weighted by molar-refractivity contribution is 5.36. The third-order valence-electron chi connectivity index (χ3n) is 5.60. The molecule has 2 heterocycles. The lowest BCUT2D eigenvalue weighted by Gasteiger charge is -2.41. The summed E-state index contributed by atoms with van der Waals surface area (Å²) in [4.78, 5) is 14.3. The van der Waals surface area contributed by atoms with Crippen LogP contribution in [-0.2, 0) is 6.54 Å². The summed E-state index contributed by atoms with van der Waals surface area (Å²) in [6, 6.07) is 21.0. The zero-order chi connectivity index (χ0) is 19.7. The highest BCUT2D eigenvalue weighted by Crippen LogP contribution is 2.39. The first-order valence-electron chi connectivity index (χ1n) is 9.70. The quantitative estimate of drug-likeness (QED) is 0.758. The number of rotatable bonds is 4. The molecule has 0 fully saturated rings. The molecule has 0 bridgehead atoms. The summed E-state index contributed by atoms with van der Waals surface area (Å²) >= 11 is 0. The number of nitrogens with zero attached hydrogens (tertiary/aromatic N) is 3. The monoisotopic (exact) mass is 375 g/mol. The SMILES string of the molecule is CC(C)N1Cc2c(O)c(=O)cnn2C(C(c2ccccc2)c2ccccc2)C1. The van der Waals surface area contributed by atoms with E-state index < -0.39 is 5.43 Å². The Morgan fingerprint density at radius 1 is 1.00 bits per heavy atom. The zero-order valence-corrected chi connectivity index (χ0v) is 16.2. The number of fused-ring (bicyclic) bond motifs is 1. The van der Waals surface area contributed by atoms with Crippen molar-refractivity contribution in [1.29, 1.82) is 0 Å². The zero-order valence-electron chi connectivity index (χ0n) is 16.2. The van der Waals surface area contributed by atoms with Crippen LogP contribution in [0.1, 0.15) is 42.6 Å². The fourth-order valence-electron chi connectivity index (χ4n) is 4.10. The summed E-state index contributed by atoms with van der Waals surface area (Å²) in [6.45, 7) is 5.57. The van der Waals surface area contributed by atoms with Crippen molar-refractivity contribution in [3.05, 3.63) is 93.9 Å². The van der Waals surface area contributed by atoms with Gasteiger partial charge in [-0.1, -0.05) is 60.7 Å². The highest BCUT2D eigenvalue weighted by atomic mass is 16.3. The van der Waals surface area contributed by atoms with E-state index in [0.29, 0.717) is 12.2 Å². The Kier molecular flexibility index (Phi) is 5.01. The predicted octanol–water partition coefficient (Wildman–Crippen LogP) is 3.55. The number of aromatic nitrogens is 2. The second kappa shape index (κ2) is 7.60. The highest BCUT2D eigenvalue weighted by Gasteiger charge is 2.35. The maximum Gasteiger partial charge on any atom is 0.242 e. The van der Waals surface area contributed by atoms with Gasteiger partial charge in [-0.25, -0.2) is 0 Å². The molecular formula is C23H25N3O2. The maximum absolute atomic E-state index is 12.0. The normalized spacial score (nSPS) is 17.1. The molecule has 1 aliphatic heterocycles. The third-order valence-corrected chi connectivity index (χ3v) is 5.60. The minimum atomic E-state index is -0.424. The van der Waals surface area contributed by atoms with E-state index in [1.54, 1.807) is 0 Å². The van der Waals surface area contributed by atoms with Crippen molar-refractivity contribution in [2.45, 2.75) is 38.4 Å². The third kappa shape index (κ3) is 3.34. The van der Waals surface area contributed by atoms with E-state index >= 15 is 0 Å². The van der Waals surface area contributed by atoms with Crippen LogP contribution in [0.25, 0.3) is 0 Å². The molecule has 3 aromatic rings. The molecule has 0 amide bonds. The molecule has 1 N–H and O–H groups in total. The Bertz CT molecular complexity index is 960. The lowest BCUT2D eigenvalue weighted by Crippen LogP contribution is -2.45. The van der Waals surface area contributed by atoms with Crippen molar-refractivity contribution >= 4 is 0 Å². The topological polar surface area (TPSA) is 58.4 Å². The van der Waals surface area contributed by atoms with Crippen LogP contribution in [0.3, 0.4) is 0 Å². The Hall–Kier alpha value is -2.92. The van der Waals surface area contributed by atoms with Crippen molar-refractivity contribution in [3.63, 3.8) is 0 Å². The summed E-state index contributed by atoms with van der Waals surface area (Å²) in [7, 11) is 0. The largest absolute Gasteiger partial charge is 0.503 e. The van der Waals surface area contributed by atoms with E-state index in [-0.39, 0.29) is 23.8 Å². The molecule has 28 heavy (non-hydrogen) atoms. The summed E-state index contributed by atoms with van der Waals surface area (Å²) in [5, 5.41) is 14.9. The van der Waals surface area contributed by atoms with Gasteiger partial charge < -0.3 is 5.11 Å². The van der Waals surface area contributed by atoms with Crippen molar-refractivity contribution in [2.75, 3.05) is 6.54 Å². The predicted molar refractivity (Wildman–Crippen MR) is 109 cm³/mol. The Labute approximate surface area is 164 Å². The van der Waals surface area contributed by atoms with Gasteiger partial charge in [0.25, 0.3) is 0 Å². The Balaban J connectivity index is 1.91. The van der Waals surface area contributed by atoms with Crippen molar-refractivity contribution in [3.8, 4) is 5.75 Å². The van der Waals surface area contributed by atoms with Crippen LogP contribution in [0, 0.1) is 0 Å². The minimum Gasteiger partial charge on any atom is -0.503 e. The second-order valence-electron chi connectivity index (χ2n) is 7.64. The van der Waals surface area contributed by atoms with E-state index in [4.69, 9.17) is 0 Å². The molecule has 4 rings (SSSR count). The molecular weight excluding hydrogens is 350 g/mol. The molecule has 0 spiro atoms. The lowest BCUT2D eigenvalue weighted by molar-refractivity contribution is 0.124. The summed E-state index contributed by atoms with van der Waals surface area (Å²) in [5.74, 6) is -0.137. The first-order valence-corrected chi connectivity index (χ1v) is 9.70. The van der Waals surface area contributed by atoms with Crippen molar-refractivity contribution < 1.29 is 5.11 Å². The summed E-state index contributed by atoms with van der Waals surface area (Å²) in [5.41, 5.74) is 2.55. The van der Waals surface area contributed by atoms with Gasteiger partial charge in [0.15, 0.2) is 5.75 Å². The average Bonchev–Trinajstić information content (AvgIpc) is 2.72. The van der Waals surface area contributed by atoms with Gasteiger partial charge in [0.05, 0.1) is 17.9 Å². The van der Waals surface area contributed by atoms with E-state index in [1.807, 2.05) is 41.1 Å². The van der Waals surface area contributed by atoms with Gasteiger partial charge in [-0.15, -0.1) is 0 Å². The molecule has 144 valence electrons. The maximum atomic E-state index is 12.0. The van der Waals surface area contributed by atoms with Crippen LogP contribution < -0.4 is 5.43 Å². The molecule has 5 nitrogen and oxygen atoms in total. The van der Waals surface area contributed by atoms with Gasteiger partial charge in [0.2, 0.25) is 5.43 Å². The first-order chi connectivity index (χ1) is 13.6. The fourth-order valence-corrected chi connectivity index (χ4v) is 4.10. The van der Waals surface area contributed by atoms with Crippen LogP contribution in [-0.4, -0.2) is 32.4 Å². The molecule has 0 aliphatic carbocycles. The number of hydrogen-bond donors (Lipinski definition) is 1. The molecule has 2 aromatic carbocycles. The van der Waals surface area contributed by atoms with Crippen LogP contribution in [0.2, 0.25) is 0 Å². The van der Waals surface area contributed by atoms with E-state index in [0.717, 1.165) is 6.54 Å². The second-order valence-corrected chi connectivity index (χ2v) is 7.64. The standard InChI is InChI=1S/C23H25N3O2/c1-16(2)25-14-19(26-20(15-25)23(28)21(27)13-24-26)22(17-9-5-3-6-10-17)18-11-7-4-8-12-18/h3-13,16,19,22,28H,14-15H2,1-2H3. The van der Waals surface area contributed by atoms with E-state index in [9.17, 15) is 9.90 Å². The summed E-state index contributed by atoms with van der Waals surface area (Å²) < 4.78 is 1.86. The lowest BCUT2D eigenvalue weighted by atomic mass is 9.83. The molecule has 1 atom stereocenters. The first kappa shape index (κ1) is 18.4. The average molecular weight is 375 g/mol. The molecule has 0 radical (unpaired) electrons. The van der Waals surface area contributed by atoms with Crippen molar-refractivity contribution in [1.82, 2.24) is 14.7 Å². The van der Waals surface area contributed by atoms with Crippen LogP contribution in [0.15, 0.2) is 71.7 Å². The van der Waals surface area contributed by atoms with Gasteiger partial charge in [0, 0.05) is 25.0 Å². The Morgan fingerprint density at radius 3 is 2.11 bits per heavy atom. The number of hydrogen-bond acceptors (Lipinski definition) is 4. The van der Waals surface area contributed by atoms with Gasteiger partial charge >= 0.3 is 0 Å². The Morgan fingerprint density at radius 2 is 1.57 bits per heavy atom. The molecule has 1 aromatic heterocycles. The van der Waals surface area contributed by atoms with E-state index in [2.05, 4.69) is 48.1 Å². The number of benzene rings is 2. The van der Waals surface area contributed by atoms with E-state index in [1.165, 1.54) is 17.3 Å². The van der Waals surface area contributed by atoms with Gasteiger partial charge in [0.1, 0.15) is 0 Å². The summed E-state index contributed by atoms with van der Waals surface area (Å²) in [6.07, 6.45) is 1.23. The van der Waals surface area contributed by atoms with Crippen LogP contribution in [0.4, 0.5) is 0 Å².